The number of carbonyl (C=O) groups is 1. The Labute approximate surface area is 171 Å². The molecule has 7 heteroatoms. The van der Waals surface area contributed by atoms with E-state index >= 15 is 0 Å². The van der Waals surface area contributed by atoms with E-state index in [9.17, 15) is 9.59 Å². The number of hydrogen-bond acceptors (Lipinski definition) is 5. The average Bonchev–Trinajstić information content (AvgIpc) is 3.32. The summed E-state index contributed by atoms with van der Waals surface area (Å²) in [5, 5.41) is 4.00. The second-order valence-electron chi connectivity index (χ2n) is 9.55. The number of pyridine rings is 1. The van der Waals surface area contributed by atoms with Crippen LogP contribution in [0.15, 0.2) is 17.1 Å². The maximum absolute atomic E-state index is 12.8. The van der Waals surface area contributed by atoms with E-state index in [1.54, 1.807) is 6.07 Å². The minimum absolute atomic E-state index is 0.0235. The average molecular weight is 398 g/mol. The standard InChI is InChI=1S/C22H31N5O2/c1-14-11-18(28)27(16-7-5-6-8-16)19-17(14)12-23-21(24-19)26-10-9-15(13-26)20(29)25-22(2,3)4/h11-12,15-16H,5-10,13H2,1-4H3,(H,25,29). The van der Waals surface area contributed by atoms with Crippen molar-refractivity contribution < 1.29 is 4.79 Å². The third-order valence-electron chi connectivity index (χ3n) is 6.02. The van der Waals surface area contributed by atoms with Gasteiger partial charge in [0.15, 0.2) is 0 Å². The predicted octanol–water partition coefficient (Wildman–Crippen LogP) is 2.96. The summed E-state index contributed by atoms with van der Waals surface area (Å²) in [5.41, 5.74) is 1.43. The Hall–Kier alpha value is -2.44. The quantitative estimate of drug-likeness (QED) is 0.861. The van der Waals surface area contributed by atoms with Gasteiger partial charge in [0, 0.05) is 42.3 Å². The van der Waals surface area contributed by atoms with Gasteiger partial charge in [0.25, 0.3) is 5.56 Å². The number of anilines is 1. The SMILES string of the molecule is Cc1cc(=O)n(C2CCCC2)c2nc(N3CCC(C(=O)NC(C)(C)C)C3)ncc12. The first-order valence-electron chi connectivity index (χ1n) is 10.7. The fraction of sp³-hybridized carbons (Fsp3) is 0.636. The molecule has 4 rings (SSSR count). The van der Waals surface area contributed by atoms with Gasteiger partial charge >= 0.3 is 0 Å². The third-order valence-corrected chi connectivity index (χ3v) is 6.02. The van der Waals surface area contributed by atoms with Crippen LogP contribution in [-0.2, 0) is 4.79 Å². The number of amides is 1. The van der Waals surface area contributed by atoms with Crippen LogP contribution in [-0.4, -0.2) is 39.1 Å². The van der Waals surface area contributed by atoms with Gasteiger partial charge in [0.1, 0.15) is 5.65 Å². The van der Waals surface area contributed by atoms with Crippen molar-refractivity contribution in [2.24, 2.45) is 5.92 Å². The maximum atomic E-state index is 12.8. The Morgan fingerprint density at radius 2 is 1.93 bits per heavy atom. The third kappa shape index (κ3) is 4.00. The molecule has 1 unspecified atom stereocenters. The molecule has 0 radical (unpaired) electrons. The molecule has 1 atom stereocenters. The molecule has 2 aromatic heterocycles. The Bertz CT molecular complexity index is 985. The lowest BCUT2D eigenvalue weighted by Crippen LogP contribution is -2.44. The number of rotatable bonds is 3. The van der Waals surface area contributed by atoms with E-state index in [1.807, 2.05) is 38.5 Å². The molecule has 29 heavy (non-hydrogen) atoms. The van der Waals surface area contributed by atoms with Gasteiger partial charge in [-0.3, -0.25) is 14.2 Å². The van der Waals surface area contributed by atoms with Crippen molar-refractivity contribution in [1.29, 1.82) is 0 Å². The molecule has 1 aliphatic carbocycles. The van der Waals surface area contributed by atoms with Crippen LogP contribution < -0.4 is 15.8 Å². The molecule has 0 bridgehead atoms. The summed E-state index contributed by atoms with van der Waals surface area (Å²) >= 11 is 0. The summed E-state index contributed by atoms with van der Waals surface area (Å²) in [5.74, 6) is 0.628. The monoisotopic (exact) mass is 397 g/mol. The number of nitrogens with one attached hydrogen (secondary N) is 1. The van der Waals surface area contributed by atoms with Crippen LogP contribution in [0.4, 0.5) is 5.95 Å². The van der Waals surface area contributed by atoms with E-state index in [0.29, 0.717) is 12.5 Å². The van der Waals surface area contributed by atoms with Gasteiger partial charge in [-0.15, -0.1) is 0 Å². The normalized spacial score (nSPS) is 20.6. The zero-order chi connectivity index (χ0) is 20.8. The number of nitrogens with zero attached hydrogens (tertiary/aromatic N) is 4. The maximum Gasteiger partial charge on any atom is 0.252 e. The molecular weight excluding hydrogens is 366 g/mol. The Kier molecular flexibility index (Phi) is 5.09. The summed E-state index contributed by atoms with van der Waals surface area (Å²) in [4.78, 5) is 36.8. The minimum Gasteiger partial charge on any atom is -0.351 e. The largest absolute Gasteiger partial charge is 0.351 e. The van der Waals surface area contributed by atoms with Crippen molar-refractivity contribution in [2.75, 3.05) is 18.0 Å². The molecule has 0 spiro atoms. The first-order valence-corrected chi connectivity index (χ1v) is 10.7. The summed E-state index contributed by atoms with van der Waals surface area (Å²) in [7, 11) is 0. The first kappa shape index (κ1) is 19.9. The van der Waals surface area contributed by atoms with Crippen molar-refractivity contribution in [3.63, 3.8) is 0 Å². The number of aromatic nitrogens is 3. The van der Waals surface area contributed by atoms with Gasteiger partial charge in [0.05, 0.1) is 5.92 Å². The predicted molar refractivity (Wildman–Crippen MR) is 114 cm³/mol. The molecule has 1 N–H and O–H groups in total. The van der Waals surface area contributed by atoms with Gasteiger partial charge in [-0.2, -0.15) is 4.98 Å². The Morgan fingerprint density at radius 3 is 2.62 bits per heavy atom. The lowest BCUT2D eigenvalue weighted by atomic mass is 10.0. The minimum atomic E-state index is -0.237. The smallest absolute Gasteiger partial charge is 0.252 e. The van der Waals surface area contributed by atoms with Gasteiger partial charge in [-0.25, -0.2) is 4.98 Å². The van der Waals surface area contributed by atoms with E-state index in [4.69, 9.17) is 4.98 Å². The van der Waals surface area contributed by atoms with Crippen LogP contribution in [0.3, 0.4) is 0 Å². The summed E-state index contributed by atoms with van der Waals surface area (Å²) in [6.45, 7) is 9.27. The van der Waals surface area contributed by atoms with Crippen LogP contribution in [0.2, 0.25) is 0 Å². The summed E-state index contributed by atoms with van der Waals surface area (Å²) in [6, 6.07) is 1.92. The second-order valence-corrected chi connectivity index (χ2v) is 9.55. The van der Waals surface area contributed by atoms with Crippen molar-refractivity contribution in [2.45, 2.75) is 71.4 Å². The highest BCUT2D eigenvalue weighted by Crippen LogP contribution is 2.31. The molecule has 1 saturated carbocycles. The molecule has 2 fully saturated rings. The molecule has 2 aliphatic rings. The Morgan fingerprint density at radius 1 is 1.21 bits per heavy atom. The van der Waals surface area contributed by atoms with Crippen LogP contribution >= 0.6 is 0 Å². The topological polar surface area (TPSA) is 80.1 Å². The van der Waals surface area contributed by atoms with E-state index in [1.165, 1.54) is 0 Å². The summed E-state index contributed by atoms with van der Waals surface area (Å²) in [6.07, 6.45) is 6.97. The van der Waals surface area contributed by atoms with E-state index in [2.05, 4.69) is 15.2 Å². The zero-order valence-corrected chi connectivity index (χ0v) is 17.9. The molecule has 0 aromatic carbocycles. The molecule has 2 aromatic rings. The van der Waals surface area contributed by atoms with Crippen molar-refractivity contribution >= 4 is 22.9 Å². The first-order chi connectivity index (χ1) is 13.7. The van der Waals surface area contributed by atoms with E-state index < -0.39 is 0 Å². The highest BCUT2D eigenvalue weighted by atomic mass is 16.2. The zero-order valence-electron chi connectivity index (χ0n) is 17.9. The highest BCUT2D eigenvalue weighted by Gasteiger charge is 2.32. The lowest BCUT2D eigenvalue weighted by Gasteiger charge is -2.23. The molecule has 7 nitrogen and oxygen atoms in total. The number of aryl methyl sites for hydroxylation is 1. The van der Waals surface area contributed by atoms with Gasteiger partial charge < -0.3 is 10.2 Å². The van der Waals surface area contributed by atoms with Crippen LogP contribution in [0.25, 0.3) is 11.0 Å². The van der Waals surface area contributed by atoms with Crippen molar-refractivity contribution in [3.05, 3.63) is 28.2 Å². The van der Waals surface area contributed by atoms with Crippen molar-refractivity contribution in [1.82, 2.24) is 19.9 Å². The van der Waals surface area contributed by atoms with Crippen LogP contribution in [0, 0.1) is 12.8 Å². The molecule has 1 aliphatic heterocycles. The highest BCUT2D eigenvalue weighted by molar-refractivity contribution is 5.81. The molecular formula is C22H31N5O2. The van der Waals surface area contributed by atoms with E-state index in [-0.39, 0.29) is 29.0 Å². The fourth-order valence-corrected chi connectivity index (χ4v) is 4.56. The number of carbonyl (C=O) groups excluding carboxylic acids is 1. The second kappa shape index (κ2) is 7.43. The molecule has 1 saturated heterocycles. The Balaban J connectivity index is 1.65. The lowest BCUT2D eigenvalue weighted by molar-refractivity contribution is -0.125. The fourth-order valence-electron chi connectivity index (χ4n) is 4.56. The molecule has 156 valence electrons. The summed E-state index contributed by atoms with van der Waals surface area (Å²) < 4.78 is 1.88. The van der Waals surface area contributed by atoms with Gasteiger partial charge in [-0.1, -0.05) is 12.8 Å². The van der Waals surface area contributed by atoms with Gasteiger partial charge in [-0.05, 0) is 52.5 Å². The van der Waals surface area contributed by atoms with Crippen molar-refractivity contribution in [3.8, 4) is 0 Å². The number of hydrogen-bond donors (Lipinski definition) is 1. The van der Waals surface area contributed by atoms with Crippen LogP contribution in [0.1, 0.15) is 64.5 Å². The number of fused-ring (bicyclic) bond motifs is 1. The van der Waals surface area contributed by atoms with E-state index in [0.717, 1.165) is 55.2 Å². The van der Waals surface area contributed by atoms with Crippen LogP contribution in [0.5, 0.6) is 0 Å². The molecule has 3 heterocycles. The molecule has 1 amide bonds. The van der Waals surface area contributed by atoms with Gasteiger partial charge in [0.2, 0.25) is 11.9 Å².